The lowest BCUT2D eigenvalue weighted by Crippen LogP contribution is -2.45. The molecule has 2 amide bonds. The fraction of sp³-hybridized carbons (Fsp3) is 0.241. The van der Waals surface area contributed by atoms with E-state index < -0.39 is 29.2 Å². The third-order valence-electron chi connectivity index (χ3n) is 6.06. The number of carboxylic acid groups (broad SMARTS) is 1. The molecule has 0 aliphatic rings. The number of aromatic carboxylic acids is 1. The number of benzene rings is 3. The van der Waals surface area contributed by atoms with Gasteiger partial charge in [-0.3, -0.25) is 19.5 Å². The number of carbonyl (C=O) groups is 3. The number of hydrogen-bond donors (Lipinski definition) is 2. The fourth-order valence-corrected chi connectivity index (χ4v) is 4.07. The highest BCUT2D eigenvalue weighted by molar-refractivity contribution is 6.30. The molecule has 3 rings (SSSR count). The molecule has 2 N–H and O–H groups in total. The van der Waals surface area contributed by atoms with Crippen molar-refractivity contribution in [3.8, 4) is 0 Å². The van der Waals surface area contributed by atoms with Crippen LogP contribution < -0.4 is 5.32 Å². The lowest BCUT2D eigenvalue weighted by atomic mass is 9.92. The Morgan fingerprint density at radius 2 is 1.56 bits per heavy atom. The van der Waals surface area contributed by atoms with Crippen molar-refractivity contribution >= 4 is 35.7 Å². The number of halogens is 4. The van der Waals surface area contributed by atoms with Gasteiger partial charge in [-0.25, -0.2) is 4.79 Å². The summed E-state index contributed by atoms with van der Waals surface area (Å²) in [4.78, 5) is 37.5. The molecule has 3 aromatic carbocycles. The molecule has 0 saturated heterocycles. The Morgan fingerprint density at radius 1 is 0.976 bits per heavy atom. The molecule has 0 radical (unpaired) electrons. The number of carboxylic acids is 1. The molecular weight excluding hydrogens is 561 g/mol. The maximum atomic E-state index is 13.2. The van der Waals surface area contributed by atoms with Gasteiger partial charge < -0.3 is 10.4 Å². The van der Waals surface area contributed by atoms with E-state index in [0.717, 1.165) is 12.1 Å². The first-order valence-corrected chi connectivity index (χ1v) is 12.7. The van der Waals surface area contributed by atoms with Crippen LogP contribution in [0.1, 0.15) is 46.5 Å². The predicted octanol–water partition coefficient (Wildman–Crippen LogP) is 5.36. The van der Waals surface area contributed by atoms with Crippen LogP contribution in [0.25, 0.3) is 0 Å². The smallest absolute Gasteiger partial charge is 0.416 e. The third kappa shape index (κ3) is 8.55. The van der Waals surface area contributed by atoms with Crippen LogP contribution >= 0.6 is 11.6 Å². The highest BCUT2D eigenvalue weighted by Crippen LogP contribution is 2.32. The Balaban J connectivity index is 1.83. The van der Waals surface area contributed by atoms with Gasteiger partial charge in [-0.1, -0.05) is 35.9 Å². The zero-order valence-corrected chi connectivity index (χ0v) is 23.2. The van der Waals surface area contributed by atoms with Gasteiger partial charge in [0.1, 0.15) is 6.54 Å². The maximum absolute atomic E-state index is 13.2. The van der Waals surface area contributed by atoms with Crippen LogP contribution in [-0.2, 0) is 27.8 Å². The fourth-order valence-electron chi connectivity index (χ4n) is 3.94. The topological polar surface area (TPSA) is 102 Å². The number of carbonyl (C=O) groups excluding carboxylic acids is 2. The number of rotatable bonds is 10. The van der Waals surface area contributed by atoms with Gasteiger partial charge in [-0.2, -0.15) is 18.3 Å². The summed E-state index contributed by atoms with van der Waals surface area (Å²) in [5.41, 5.74) is -0.435. The lowest BCUT2D eigenvalue weighted by molar-refractivity contribution is -0.137. The van der Waals surface area contributed by atoms with Crippen molar-refractivity contribution in [3.05, 3.63) is 106 Å². The number of nitrogens with zero attached hydrogens (tertiary/aromatic N) is 3. The molecule has 12 heteroatoms. The van der Waals surface area contributed by atoms with E-state index in [2.05, 4.69) is 10.4 Å². The Bertz CT molecular complexity index is 1430. The minimum absolute atomic E-state index is 0.0491. The molecular formula is C29H28ClF3N4O4. The molecule has 0 aromatic heterocycles. The van der Waals surface area contributed by atoms with Crippen LogP contribution in [0.5, 0.6) is 0 Å². The molecule has 0 spiro atoms. The molecule has 41 heavy (non-hydrogen) atoms. The van der Waals surface area contributed by atoms with E-state index in [1.165, 1.54) is 41.2 Å². The van der Waals surface area contributed by atoms with Crippen LogP contribution in [0.4, 0.5) is 13.2 Å². The van der Waals surface area contributed by atoms with Crippen molar-refractivity contribution in [3.63, 3.8) is 0 Å². The van der Waals surface area contributed by atoms with Gasteiger partial charge in [0.15, 0.2) is 5.84 Å². The van der Waals surface area contributed by atoms with Crippen LogP contribution in [0.3, 0.4) is 0 Å². The molecule has 216 valence electrons. The predicted molar refractivity (Wildman–Crippen MR) is 148 cm³/mol. The van der Waals surface area contributed by atoms with Crippen LogP contribution in [-0.4, -0.2) is 52.7 Å². The monoisotopic (exact) mass is 588 g/mol. The Kier molecular flexibility index (Phi) is 9.77. The summed E-state index contributed by atoms with van der Waals surface area (Å²) in [6.07, 6.45) is -3.96. The first-order chi connectivity index (χ1) is 19.2. The summed E-state index contributed by atoms with van der Waals surface area (Å²) in [7, 11) is 1.51. The second-order valence-electron chi connectivity index (χ2n) is 9.73. The summed E-state index contributed by atoms with van der Waals surface area (Å²) in [6.45, 7) is 2.95. The summed E-state index contributed by atoms with van der Waals surface area (Å²) >= 11 is 6.02. The van der Waals surface area contributed by atoms with E-state index in [4.69, 9.17) is 16.7 Å². The van der Waals surface area contributed by atoms with E-state index in [-0.39, 0.29) is 30.1 Å². The zero-order valence-electron chi connectivity index (χ0n) is 22.4. The number of hydrazone groups is 1. The van der Waals surface area contributed by atoms with Crippen LogP contribution in [0.2, 0.25) is 5.02 Å². The van der Waals surface area contributed by atoms with Crippen molar-refractivity contribution in [2.24, 2.45) is 5.10 Å². The molecule has 3 aromatic rings. The normalized spacial score (nSPS) is 12.0. The zero-order chi connectivity index (χ0) is 30.4. The largest absolute Gasteiger partial charge is 0.478 e. The first kappa shape index (κ1) is 31.2. The van der Waals surface area contributed by atoms with Crippen LogP contribution in [0.15, 0.2) is 77.9 Å². The van der Waals surface area contributed by atoms with E-state index in [0.29, 0.717) is 22.6 Å². The number of hydrogen-bond acceptors (Lipinski definition) is 5. The number of amidine groups is 1. The Morgan fingerprint density at radius 3 is 2.12 bits per heavy atom. The summed E-state index contributed by atoms with van der Waals surface area (Å²) < 4.78 is 39.6. The molecule has 0 atom stereocenters. The Labute approximate surface area is 240 Å². The van der Waals surface area contributed by atoms with Gasteiger partial charge in [-0.15, -0.1) is 0 Å². The van der Waals surface area contributed by atoms with E-state index >= 15 is 0 Å². The van der Waals surface area contributed by atoms with Crippen molar-refractivity contribution in [2.45, 2.75) is 32.1 Å². The quantitative estimate of drug-likeness (QED) is 0.144. The van der Waals surface area contributed by atoms with E-state index in [1.807, 2.05) is 0 Å². The van der Waals surface area contributed by atoms with E-state index in [9.17, 15) is 27.6 Å². The maximum Gasteiger partial charge on any atom is 0.416 e. The molecule has 0 saturated carbocycles. The summed E-state index contributed by atoms with van der Waals surface area (Å²) in [6, 6.07) is 17.2. The van der Waals surface area contributed by atoms with Gasteiger partial charge >= 0.3 is 12.1 Å². The number of nitrogens with one attached hydrogen (secondary N) is 1. The number of amides is 2. The molecule has 8 nitrogen and oxygen atoms in total. The molecule has 0 aliphatic heterocycles. The highest BCUT2D eigenvalue weighted by Gasteiger charge is 2.32. The second-order valence-corrected chi connectivity index (χ2v) is 10.2. The third-order valence-corrected chi connectivity index (χ3v) is 6.31. The first-order valence-electron chi connectivity index (χ1n) is 12.3. The van der Waals surface area contributed by atoms with Gasteiger partial charge in [-0.05, 0) is 73.5 Å². The average molecular weight is 589 g/mol. The highest BCUT2D eigenvalue weighted by atomic mass is 35.5. The van der Waals surface area contributed by atoms with Crippen molar-refractivity contribution in [2.75, 3.05) is 13.6 Å². The molecule has 0 bridgehead atoms. The Hall–Kier alpha value is -4.38. The van der Waals surface area contributed by atoms with Gasteiger partial charge in [0.05, 0.1) is 23.2 Å². The van der Waals surface area contributed by atoms with Crippen LogP contribution in [0, 0.1) is 0 Å². The molecule has 0 aliphatic carbocycles. The minimum Gasteiger partial charge on any atom is -0.478 e. The number of likely N-dealkylation sites (N-methyl/N-ethyl adjacent to an activating group) is 1. The van der Waals surface area contributed by atoms with Gasteiger partial charge in [0.25, 0.3) is 0 Å². The molecule has 0 fully saturated rings. The molecule has 0 heterocycles. The molecule has 0 unspecified atom stereocenters. The lowest BCUT2D eigenvalue weighted by Gasteiger charge is -2.29. The van der Waals surface area contributed by atoms with Gasteiger partial charge in [0, 0.05) is 17.6 Å². The standard InChI is InChI=1S/C29H28ClF3N4O4/c1-28(2,22-5-4-6-23(15-22)29(31,32)33)34-25(39)17-36(3)35-26(20-11-13-24(30)14-12-20)37(18-38)16-19-7-9-21(10-8-19)27(40)41/h4-15,18H,16-17H2,1-3H3,(H,34,39)(H,40,41)/b35-26-. The van der Waals surface area contributed by atoms with Gasteiger partial charge in [0.2, 0.25) is 12.3 Å². The SMILES string of the molecule is CN(CC(=O)NC(C)(C)c1cccc(C(F)(F)F)c1)/N=C(/c1ccc(Cl)cc1)N(C=O)Cc1ccc(C(=O)O)cc1. The minimum atomic E-state index is -4.52. The van der Waals surface area contributed by atoms with Crippen molar-refractivity contribution < 1.29 is 32.7 Å². The number of alkyl halides is 3. The van der Waals surface area contributed by atoms with E-state index in [1.54, 1.807) is 50.2 Å². The summed E-state index contributed by atoms with van der Waals surface area (Å²) in [5, 5.41) is 18.1. The average Bonchev–Trinajstić information content (AvgIpc) is 2.90. The second kappa shape index (κ2) is 12.9. The van der Waals surface area contributed by atoms with Crippen molar-refractivity contribution in [1.29, 1.82) is 0 Å². The summed E-state index contributed by atoms with van der Waals surface area (Å²) in [5.74, 6) is -1.41. The van der Waals surface area contributed by atoms with Crippen molar-refractivity contribution in [1.82, 2.24) is 15.2 Å².